The molecule has 0 radical (unpaired) electrons. The lowest BCUT2D eigenvalue weighted by molar-refractivity contribution is 0.206. The molecule has 1 saturated heterocycles. The molecule has 0 spiro atoms. The highest BCUT2D eigenvalue weighted by Gasteiger charge is 2.20. The largest absolute Gasteiger partial charge is 0.306 e. The Balaban J connectivity index is 1.96. The van der Waals surface area contributed by atoms with Gasteiger partial charge in [-0.1, -0.05) is 18.9 Å². The summed E-state index contributed by atoms with van der Waals surface area (Å²) in [6, 6.07) is 4.60. The first-order valence-corrected chi connectivity index (χ1v) is 6.70. The number of aryl methyl sites for hydroxylation is 1. The minimum absolute atomic E-state index is 0.347. The normalized spacial score (nSPS) is 22.2. The van der Waals surface area contributed by atoms with E-state index in [9.17, 15) is 0 Å². The highest BCUT2D eigenvalue weighted by molar-refractivity contribution is 5.41. The van der Waals surface area contributed by atoms with E-state index >= 15 is 0 Å². The van der Waals surface area contributed by atoms with Gasteiger partial charge in [0.1, 0.15) is 5.65 Å². The number of fused-ring (bicyclic) bond motifs is 1. The van der Waals surface area contributed by atoms with Crippen molar-refractivity contribution in [3.63, 3.8) is 0 Å². The van der Waals surface area contributed by atoms with Crippen molar-refractivity contribution < 1.29 is 0 Å². The number of nitrogens with two attached hydrogens (primary N) is 1. The Hall–Kier alpha value is -1.39. The zero-order valence-electron chi connectivity index (χ0n) is 10.8. The molecule has 2 aromatic rings. The first kappa shape index (κ1) is 11.7. The Labute approximate surface area is 107 Å². The molecule has 2 aromatic heterocycles. The molecule has 1 fully saturated rings. The lowest BCUT2D eigenvalue weighted by Crippen LogP contribution is -2.35. The van der Waals surface area contributed by atoms with Crippen LogP contribution < -0.4 is 5.84 Å². The first-order valence-electron chi connectivity index (χ1n) is 6.70. The molecule has 4 heteroatoms. The van der Waals surface area contributed by atoms with E-state index in [0.717, 1.165) is 24.3 Å². The van der Waals surface area contributed by atoms with Crippen LogP contribution in [0.2, 0.25) is 0 Å². The van der Waals surface area contributed by atoms with E-state index in [1.54, 1.807) is 0 Å². The zero-order chi connectivity index (χ0) is 12.5. The number of hydrogen-bond donors (Lipinski definition) is 1. The van der Waals surface area contributed by atoms with E-state index in [2.05, 4.69) is 33.9 Å². The minimum atomic E-state index is 0.347. The van der Waals surface area contributed by atoms with Crippen LogP contribution in [-0.2, 0) is 0 Å². The fraction of sp³-hybridized carbons (Fsp3) is 0.500. The average molecular weight is 244 g/mol. The van der Waals surface area contributed by atoms with Gasteiger partial charge < -0.3 is 4.40 Å². The predicted molar refractivity (Wildman–Crippen MR) is 72.0 cm³/mol. The molecule has 2 N–H and O–H groups in total. The molecule has 0 bridgehead atoms. The number of hydrazine groups is 1. The highest BCUT2D eigenvalue weighted by Crippen LogP contribution is 2.27. The van der Waals surface area contributed by atoms with Crippen molar-refractivity contribution >= 4 is 5.65 Å². The van der Waals surface area contributed by atoms with Crippen LogP contribution in [0.1, 0.15) is 43.0 Å². The van der Waals surface area contributed by atoms with Crippen molar-refractivity contribution in [2.24, 2.45) is 5.84 Å². The third-order valence-corrected chi connectivity index (χ3v) is 3.77. The fourth-order valence-corrected chi connectivity index (χ4v) is 2.82. The maximum absolute atomic E-state index is 6.17. The molecule has 1 aliphatic rings. The van der Waals surface area contributed by atoms with E-state index in [4.69, 9.17) is 5.84 Å². The van der Waals surface area contributed by atoms with Gasteiger partial charge >= 0.3 is 0 Å². The van der Waals surface area contributed by atoms with Crippen LogP contribution in [0.15, 0.2) is 24.5 Å². The van der Waals surface area contributed by atoms with E-state index in [1.165, 1.54) is 24.8 Å². The molecule has 0 amide bonds. The molecule has 3 heterocycles. The molecule has 4 nitrogen and oxygen atoms in total. The molecule has 18 heavy (non-hydrogen) atoms. The van der Waals surface area contributed by atoms with Crippen LogP contribution in [0.25, 0.3) is 5.65 Å². The molecular weight excluding hydrogens is 224 g/mol. The van der Waals surface area contributed by atoms with Crippen LogP contribution in [0.5, 0.6) is 0 Å². The van der Waals surface area contributed by atoms with Crippen molar-refractivity contribution in [1.82, 2.24) is 14.4 Å². The van der Waals surface area contributed by atoms with Crippen molar-refractivity contribution in [2.75, 3.05) is 6.54 Å². The fourth-order valence-electron chi connectivity index (χ4n) is 2.82. The molecule has 1 atom stereocenters. The summed E-state index contributed by atoms with van der Waals surface area (Å²) < 4.78 is 2.10. The first-order chi connectivity index (χ1) is 8.74. The van der Waals surface area contributed by atoms with Crippen LogP contribution in [0.4, 0.5) is 0 Å². The summed E-state index contributed by atoms with van der Waals surface area (Å²) in [5.74, 6) is 6.17. The monoisotopic (exact) mass is 244 g/mol. The summed E-state index contributed by atoms with van der Waals surface area (Å²) in [7, 11) is 0. The van der Waals surface area contributed by atoms with E-state index in [1.807, 2.05) is 11.9 Å². The van der Waals surface area contributed by atoms with Gasteiger partial charge in [-0.2, -0.15) is 0 Å². The Morgan fingerprint density at radius 3 is 3.00 bits per heavy atom. The van der Waals surface area contributed by atoms with E-state index in [0.29, 0.717) is 6.04 Å². The molecular formula is C14H20N4. The lowest BCUT2D eigenvalue weighted by Gasteiger charge is -2.25. The van der Waals surface area contributed by atoms with Crippen LogP contribution >= 0.6 is 0 Å². The molecule has 1 aliphatic heterocycles. The van der Waals surface area contributed by atoms with E-state index in [-0.39, 0.29) is 0 Å². The smallest absolute Gasteiger partial charge is 0.136 e. The van der Waals surface area contributed by atoms with Gasteiger partial charge in [0, 0.05) is 18.9 Å². The number of pyridine rings is 1. The van der Waals surface area contributed by atoms with Crippen molar-refractivity contribution in [3.05, 3.63) is 35.8 Å². The zero-order valence-corrected chi connectivity index (χ0v) is 10.8. The summed E-state index contributed by atoms with van der Waals surface area (Å²) in [6.07, 6.45) is 9.15. The number of hydrogen-bond acceptors (Lipinski definition) is 3. The van der Waals surface area contributed by atoms with Gasteiger partial charge in [-0.15, -0.1) is 0 Å². The number of rotatable bonds is 1. The second-order valence-electron chi connectivity index (χ2n) is 5.21. The summed E-state index contributed by atoms with van der Waals surface area (Å²) in [6.45, 7) is 3.01. The van der Waals surface area contributed by atoms with E-state index < -0.39 is 0 Å². The maximum atomic E-state index is 6.17. The van der Waals surface area contributed by atoms with Gasteiger partial charge in [0.05, 0.1) is 11.7 Å². The SMILES string of the molecule is Cc1cn2cc(C3CCCCCN3N)ccc2n1. The summed E-state index contributed by atoms with van der Waals surface area (Å²) in [5.41, 5.74) is 3.36. The van der Waals surface area contributed by atoms with Gasteiger partial charge in [0.2, 0.25) is 0 Å². The van der Waals surface area contributed by atoms with Gasteiger partial charge in [0.25, 0.3) is 0 Å². The molecule has 96 valence electrons. The molecule has 0 saturated carbocycles. The Bertz CT molecular complexity index is 546. The molecule has 1 unspecified atom stereocenters. The summed E-state index contributed by atoms with van der Waals surface area (Å²) in [5, 5.41) is 2.00. The molecule has 3 rings (SSSR count). The van der Waals surface area contributed by atoms with Gasteiger partial charge in [-0.05, 0) is 31.4 Å². The second-order valence-corrected chi connectivity index (χ2v) is 5.21. The second kappa shape index (κ2) is 4.71. The number of imidazole rings is 1. The number of aromatic nitrogens is 2. The average Bonchev–Trinajstić information content (AvgIpc) is 2.58. The predicted octanol–water partition coefficient (Wildman–Crippen LogP) is 2.43. The third-order valence-electron chi connectivity index (χ3n) is 3.77. The standard InChI is InChI=1S/C14H20N4/c1-11-9-17-10-12(6-7-14(17)16-11)13-5-3-2-4-8-18(13)15/h6-7,9-10,13H,2-5,8,15H2,1H3. The van der Waals surface area contributed by atoms with Crippen molar-refractivity contribution in [2.45, 2.75) is 38.6 Å². The van der Waals surface area contributed by atoms with Crippen LogP contribution in [0, 0.1) is 6.92 Å². The topological polar surface area (TPSA) is 46.6 Å². The Morgan fingerprint density at radius 1 is 1.22 bits per heavy atom. The quantitative estimate of drug-likeness (QED) is 0.784. The summed E-state index contributed by atoms with van der Waals surface area (Å²) in [4.78, 5) is 4.46. The third kappa shape index (κ3) is 2.13. The molecule has 0 aromatic carbocycles. The van der Waals surface area contributed by atoms with Crippen LogP contribution in [-0.4, -0.2) is 20.9 Å². The number of nitrogens with zero attached hydrogens (tertiary/aromatic N) is 3. The van der Waals surface area contributed by atoms with Crippen LogP contribution in [0.3, 0.4) is 0 Å². The van der Waals surface area contributed by atoms with Gasteiger partial charge in [-0.25, -0.2) is 9.99 Å². The maximum Gasteiger partial charge on any atom is 0.136 e. The van der Waals surface area contributed by atoms with Crippen molar-refractivity contribution in [1.29, 1.82) is 0 Å². The summed E-state index contributed by atoms with van der Waals surface area (Å²) >= 11 is 0. The Morgan fingerprint density at radius 2 is 2.11 bits per heavy atom. The highest BCUT2D eigenvalue weighted by atomic mass is 15.4. The molecule has 0 aliphatic carbocycles. The lowest BCUT2D eigenvalue weighted by atomic mass is 10.0. The minimum Gasteiger partial charge on any atom is -0.306 e. The Kier molecular flexibility index (Phi) is 3.06. The van der Waals surface area contributed by atoms with Crippen molar-refractivity contribution in [3.8, 4) is 0 Å². The van der Waals surface area contributed by atoms with Gasteiger partial charge in [0.15, 0.2) is 0 Å². The van der Waals surface area contributed by atoms with Gasteiger partial charge in [-0.3, -0.25) is 5.84 Å².